The Morgan fingerprint density at radius 3 is 3.05 bits per heavy atom. The molecule has 3 rings (SSSR count). The van der Waals surface area contributed by atoms with E-state index in [4.69, 9.17) is 11.6 Å². The second kappa shape index (κ2) is 6.26. The number of nitrogens with one attached hydrogen (secondary N) is 1. The van der Waals surface area contributed by atoms with E-state index in [9.17, 15) is 4.79 Å². The standard InChI is InChI=1S/C15H17ClN4O/c16-12-3-1-2-11(8-12)4-7-15(21)17-9-14-19-18-10-20(14)13-5-6-13/h1-3,8,10,13H,4-7,9H2,(H,17,21). The molecule has 5 nitrogen and oxygen atoms in total. The topological polar surface area (TPSA) is 59.8 Å². The fourth-order valence-electron chi connectivity index (χ4n) is 2.27. The molecule has 2 aromatic rings. The number of carbonyl (C=O) groups is 1. The highest BCUT2D eigenvalue weighted by Crippen LogP contribution is 2.35. The predicted molar refractivity (Wildman–Crippen MR) is 79.9 cm³/mol. The van der Waals surface area contributed by atoms with Crippen LogP contribution >= 0.6 is 11.6 Å². The van der Waals surface area contributed by atoms with Crippen LogP contribution in [0.1, 0.15) is 36.7 Å². The fourth-order valence-corrected chi connectivity index (χ4v) is 2.48. The van der Waals surface area contributed by atoms with Crippen LogP contribution in [0.2, 0.25) is 5.02 Å². The Balaban J connectivity index is 1.47. The summed E-state index contributed by atoms with van der Waals surface area (Å²) in [6.45, 7) is 0.435. The van der Waals surface area contributed by atoms with Crippen LogP contribution in [0.3, 0.4) is 0 Å². The summed E-state index contributed by atoms with van der Waals surface area (Å²) in [6.07, 6.45) is 5.21. The first-order valence-corrected chi connectivity index (χ1v) is 7.49. The third-order valence-electron chi connectivity index (χ3n) is 3.56. The van der Waals surface area contributed by atoms with Crippen LogP contribution in [0.15, 0.2) is 30.6 Å². The number of rotatable bonds is 6. The lowest BCUT2D eigenvalue weighted by atomic mass is 10.1. The quantitative estimate of drug-likeness (QED) is 0.892. The molecule has 1 aliphatic carbocycles. The van der Waals surface area contributed by atoms with E-state index in [1.807, 2.05) is 24.3 Å². The molecule has 1 N–H and O–H groups in total. The van der Waals surface area contributed by atoms with Crippen molar-refractivity contribution in [3.63, 3.8) is 0 Å². The lowest BCUT2D eigenvalue weighted by Gasteiger charge is -2.07. The summed E-state index contributed by atoms with van der Waals surface area (Å²) in [5, 5.41) is 11.6. The molecule has 1 amide bonds. The average Bonchev–Trinajstić information content (AvgIpc) is 3.22. The highest BCUT2D eigenvalue weighted by Gasteiger charge is 2.25. The van der Waals surface area contributed by atoms with Crippen LogP contribution in [0.5, 0.6) is 0 Å². The molecule has 21 heavy (non-hydrogen) atoms. The Hall–Kier alpha value is -1.88. The molecule has 0 unspecified atom stereocenters. The first kappa shape index (κ1) is 14.1. The molecular formula is C15H17ClN4O. The lowest BCUT2D eigenvalue weighted by Crippen LogP contribution is -2.24. The summed E-state index contributed by atoms with van der Waals surface area (Å²) < 4.78 is 2.05. The second-order valence-corrected chi connectivity index (χ2v) is 5.73. The van der Waals surface area contributed by atoms with Crippen molar-refractivity contribution >= 4 is 17.5 Å². The molecule has 1 fully saturated rings. The van der Waals surface area contributed by atoms with Gasteiger partial charge in [0.05, 0.1) is 6.54 Å². The van der Waals surface area contributed by atoms with E-state index in [-0.39, 0.29) is 5.91 Å². The minimum absolute atomic E-state index is 0.0142. The zero-order valence-corrected chi connectivity index (χ0v) is 12.4. The van der Waals surface area contributed by atoms with Gasteiger partial charge in [-0.05, 0) is 37.0 Å². The van der Waals surface area contributed by atoms with Gasteiger partial charge in [-0.15, -0.1) is 10.2 Å². The van der Waals surface area contributed by atoms with Crippen molar-refractivity contribution < 1.29 is 4.79 Å². The molecule has 1 aromatic carbocycles. The molecule has 0 spiro atoms. The molecule has 6 heteroatoms. The summed E-state index contributed by atoms with van der Waals surface area (Å²) in [4.78, 5) is 11.9. The number of hydrogen-bond donors (Lipinski definition) is 1. The third-order valence-corrected chi connectivity index (χ3v) is 3.80. The number of hydrogen-bond acceptors (Lipinski definition) is 3. The Morgan fingerprint density at radius 2 is 2.29 bits per heavy atom. The highest BCUT2D eigenvalue weighted by atomic mass is 35.5. The smallest absolute Gasteiger partial charge is 0.220 e. The summed E-state index contributed by atoms with van der Waals surface area (Å²) in [5.74, 6) is 0.842. The summed E-state index contributed by atoms with van der Waals surface area (Å²) in [6, 6.07) is 8.11. The van der Waals surface area contributed by atoms with Crippen molar-refractivity contribution in [1.82, 2.24) is 20.1 Å². The monoisotopic (exact) mass is 304 g/mol. The van der Waals surface area contributed by atoms with Gasteiger partial charge in [0.25, 0.3) is 0 Å². The zero-order valence-electron chi connectivity index (χ0n) is 11.6. The zero-order chi connectivity index (χ0) is 14.7. The first-order chi connectivity index (χ1) is 10.2. The van der Waals surface area contributed by atoms with Gasteiger partial charge in [0, 0.05) is 17.5 Å². The fraction of sp³-hybridized carbons (Fsp3) is 0.400. The highest BCUT2D eigenvalue weighted by molar-refractivity contribution is 6.30. The molecule has 1 heterocycles. The number of halogens is 1. The minimum Gasteiger partial charge on any atom is -0.349 e. The van der Waals surface area contributed by atoms with Crippen molar-refractivity contribution in [3.05, 3.63) is 47.0 Å². The van der Waals surface area contributed by atoms with Crippen molar-refractivity contribution in [2.45, 2.75) is 38.3 Å². The molecule has 1 aliphatic rings. The number of nitrogens with zero attached hydrogens (tertiary/aromatic N) is 3. The Kier molecular flexibility index (Phi) is 4.20. The van der Waals surface area contributed by atoms with E-state index in [1.54, 1.807) is 6.33 Å². The van der Waals surface area contributed by atoms with Gasteiger partial charge in [-0.25, -0.2) is 0 Å². The van der Waals surface area contributed by atoms with Crippen LogP contribution in [-0.4, -0.2) is 20.7 Å². The summed E-state index contributed by atoms with van der Waals surface area (Å²) in [7, 11) is 0. The van der Waals surface area contributed by atoms with E-state index in [0.717, 1.165) is 11.4 Å². The van der Waals surface area contributed by atoms with Crippen LogP contribution in [0, 0.1) is 0 Å². The average molecular weight is 305 g/mol. The Morgan fingerprint density at radius 1 is 1.43 bits per heavy atom. The summed E-state index contributed by atoms with van der Waals surface area (Å²) in [5.41, 5.74) is 1.07. The molecule has 0 radical (unpaired) electrons. The maximum Gasteiger partial charge on any atom is 0.220 e. The van der Waals surface area contributed by atoms with E-state index in [1.165, 1.54) is 12.8 Å². The maximum absolute atomic E-state index is 11.9. The third kappa shape index (κ3) is 3.82. The Bertz CT molecular complexity index is 636. The van der Waals surface area contributed by atoms with Crippen LogP contribution in [-0.2, 0) is 17.8 Å². The van der Waals surface area contributed by atoms with E-state index >= 15 is 0 Å². The molecular weight excluding hydrogens is 288 g/mol. The first-order valence-electron chi connectivity index (χ1n) is 7.12. The van der Waals surface area contributed by atoms with Gasteiger partial charge >= 0.3 is 0 Å². The number of carbonyl (C=O) groups excluding carboxylic acids is 1. The molecule has 110 valence electrons. The van der Waals surface area contributed by atoms with Crippen LogP contribution in [0.4, 0.5) is 0 Å². The van der Waals surface area contributed by atoms with E-state index in [2.05, 4.69) is 20.1 Å². The predicted octanol–water partition coefficient (Wildman–Crippen LogP) is 2.52. The van der Waals surface area contributed by atoms with Gasteiger partial charge < -0.3 is 9.88 Å². The van der Waals surface area contributed by atoms with E-state index < -0.39 is 0 Å². The van der Waals surface area contributed by atoms with Gasteiger partial charge in [-0.2, -0.15) is 0 Å². The molecule has 0 atom stereocenters. The molecule has 1 saturated carbocycles. The number of aromatic nitrogens is 3. The van der Waals surface area contributed by atoms with E-state index in [0.29, 0.717) is 30.5 Å². The molecule has 1 aromatic heterocycles. The minimum atomic E-state index is 0.0142. The van der Waals surface area contributed by atoms with Gasteiger partial charge in [0.1, 0.15) is 6.33 Å². The lowest BCUT2D eigenvalue weighted by molar-refractivity contribution is -0.121. The van der Waals surface area contributed by atoms with Crippen LogP contribution < -0.4 is 5.32 Å². The summed E-state index contributed by atoms with van der Waals surface area (Å²) >= 11 is 5.92. The largest absolute Gasteiger partial charge is 0.349 e. The normalized spacial score (nSPS) is 14.1. The molecule has 0 saturated heterocycles. The van der Waals surface area contributed by atoms with Gasteiger partial charge in [0.2, 0.25) is 5.91 Å². The van der Waals surface area contributed by atoms with Gasteiger partial charge in [0.15, 0.2) is 5.82 Å². The van der Waals surface area contributed by atoms with Crippen molar-refractivity contribution in [3.8, 4) is 0 Å². The number of amides is 1. The van der Waals surface area contributed by atoms with Gasteiger partial charge in [-0.1, -0.05) is 23.7 Å². The van der Waals surface area contributed by atoms with Crippen molar-refractivity contribution in [2.24, 2.45) is 0 Å². The Labute approximate surface area is 128 Å². The van der Waals surface area contributed by atoms with Gasteiger partial charge in [-0.3, -0.25) is 4.79 Å². The van der Waals surface area contributed by atoms with Crippen LogP contribution in [0.25, 0.3) is 0 Å². The molecule has 0 bridgehead atoms. The SMILES string of the molecule is O=C(CCc1cccc(Cl)c1)NCc1nncn1C1CC1. The van der Waals surface area contributed by atoms with Crippen molar-refractivity contribution in [1.29, 1.82) is 0 Å². The maximum atomic E-state index is 11.9. The van der Waals surface area contributed by atoms with Crippen molar-refractivity contribution in [2.75, 3.05) is 0 Å². The molecule has 0 aliphatic heterocycles. The number of benzene rings is 1. The number of aryl methyl sites for hydroxylation is 1. The second-order valence-electron chi connectivity index (χ2n) is 5.29.